The molecule has 0 aromatic rings. The second-order valence-corrected chi connectivity index (χ2v) is 5.82. The molecule has 0 aromatic heterocycles. The van der Waals surface area contributed by atoms with Gasteiger partial charge in [0.15, 0.2) is 0 Å². The van der Waals surface area contributed by atoms with Gasteiger partial charge in [0, 0.05) is 39.3 Å². The van der Waals surface area contributed by atoms with Gasteiger partial charge in [0.25, 0.3) is 0 Å². The van der Waals surface area contributed by atoms with Gasteiger partial charge in [-0.1, -0.05) is 6.42 Å². The van der Waals surface area contributed by atoms with Crippen LogP contribution in [0.5, 0.6) is 0 Å². The van der Waals surface area contributed by atoms with Crippen molar-refractivity contribution in [2.75, 3.05) is 66.5 Å². The fourth-order valence-corrected chi connectivity index (χ4v) is 2.84. The molecule has 0 saturated carbocycles. The molecule has 105 valence electrons. The summed E-state index contributed by atoms with van der Waals surface area (Å²) in [6.07, 6.45) is 4.19. The molecule has 0 aromatic carbocycles. The topological polar surface area (TPSA) is 21.8 Å². The van der Waals surface area contributed by atoms with E-state index in [-0.39, 0.29) is 0 Å². The van der Waals surface area contributed by atoms with E-state index in [9.17, 15) is 0 Å². The summed E-state index contributed by atoms with van der Waals surface area (Å²) in [4.78, 5) is 7.54. The number of nitrogens with one attached hydrogen (secondary N) is 1. The Hall–Kier alpha value is -0.160. The maximum atomic E-state index is 3.42. The molecular weight excluding hydrogens is 224 g/mol. The molecule has 4 heteroatoms. The number of rotatable bonds is 5. The highest BCUT2D eigenvalue weighted by molar-refractivity contribution is 4.94. The number of nitrogens with zero attached hydrogens (tertiary/aromatic N) is 3. The first-order valence-corrected chi connectivity index (χ1v) is 7.43. The standard InChI is InChI=1S/C14H29N4/c1-16(2)14(12-17-8-4-3-5-9-17)13-18-10-6-15-7-11-18/h15H,3-13H2,1-2H3. The second-order valence-electron chi connectivity index (χ2n) is 5.82. The molecule has 0 bridgehead atoms. The van der Waals surface area contributed by atoms with Gasteiger partial charge in [0.1, 0.15) is 0 Å². The van der Waals surface area contributed by atoms with Gasteiger partial charge in [-0.15, -0.1) is 0 Å². The van der Waals surface area contributed by atoms with Crippen LogP contribution in [0.25, 0.3) is 0 Å². The molecule has 0 aliphatic carbocycles. The Morgan fingerprint density at radius 3 is 2.00 bits per heavy atom. The van der Waals surface area contributed by atoms with Gasteiger partial charge in [0.05, 0.1) is 6.04 Å². The molecule has 2 rings (SSSR count). The molecule has 1 radical (unpaired) electrons. The lowest BCUT2D eigenvalue weighted by Crippen LogP contribution is -2.49. The molecule has 2 aliphatic rings. The fraction of sp³-hybridized carbons (Fsp3) is 0.929. The minimum absolute atomic E-state index is 1.14. The van der Waals surface area contributed by atoms with Gasteiger partial charge in [-0.25, -0.2) is 0 Å². The van der Waals surface area contributed by atoms with Crippen molar-refractivity contribution in [3.05, 3.63) is 6.04 Å². The third-order valence-electron chi connectivity index (χ3n) is 4.10. The van der Waals surface area contributed by atoms with Gasteiger partial charge >= 0.3 is 0 Å². The van der Waals surface area contributed by atoms with E-state index >= 15 is 0 Å². The van der Waals surface area contributed by atoms with Gasteiger partial charge < -0.3 is 10.2 Å². The van der Waals surface area contributed by atoms with Crippen LogP contribution >= 0.6 is 0 Å². The average molecular weight is 253 g/mol. The lowest BCUT2D eigenvalue weighted by Gasteiger charge is -2.37. The van der Waals surface area contributed by atoms with E-state index in [1.807, 2.05) is 0 Å². The van der Waals surface area contributed by atoms with Gasteiger partial charge in [-0.3, -0.25) is 9.80 Å². The number of piperidine rings is 1. The maximum absolute atomic E-state index is 3.42. The lowest BCUT2D eigenvalue weighted by molar-refractivity contribution is 0.168. The normalized spacial score (nSPS) is 24.0. The van der Waals surface area contributed by atoms with Crippen molar-refractivity contribution < 1.29 is 0 Å². The van der Waals surface area contributed by atoms with Crippen molar-refractivity contribution in [1.82, 2.24) is 20.0 Å². The van der Waals surface area contributed by atoms with E-state index in [0.717, 1.165) is 26.2 Å². The van der Waals surface area contributed by atoms with Crippen LogP contribution in [0, 0.1) is 6.04 Å². The van der Waals surface area contributed by atoms with Crippen molar-refractivity contribution in [2.24, 2.45) is 0 Å². The first kappa shape index (κ1) is 14.3. The number of likely N-dealkylation sites (N-methyl/N-ethyl adjacent to an activating group) is 1. The molecule has 0 amide bonds. The summed E-state index contributed by atoms with van der Waals surface area (Å²) >= 11 is 0. The van der Waals surface area contributed by atoms with E-state index in [1.165, 1.54) is 45.4 Å². The molecule has 18 heavy (non-hydrogen) atoms. The number of piperazine rings is 1. The van der Waals surface area contributed by atoms with Crippen LogP contribution in [0.4, 0.5) is 0 Å². The Morgan fingerprint density at radius 1 is 0.889 bits per heavy atom. The quantitative estimate of drug-likeness (QED) is 0.769. The number of hydrogen-bond donors (Lipinski definition) is 1. The van der Waals surface area contributed by atoms with Crippen LogP contribution in [0.3, 0.4) is 0 Å². The van der Waals surface area contributed by atoms with Crippen molar-refractivity contribution in [3.8, 4) is 0 Å². The van der Waals surface area contributed by atoms with Crippen molar-refractivity contribution >= 4 is 0 Å². The summed E-state index contributed by atoms with van der Waals surface area (Å²) in [5.41, 5.74) is 0. The highest BCUT2D eigenvalue weighted by Gasteiger charge is 2.22. The average Bonchev–Trinajstić information content (AvgIpc) is 2.40. The predicted octanol–water partition coefficient (Wildman–Crippen LogP) is 0.471. The molecule has 2 fully saturated rings. The molecule has 0 atom stereocenters. The molecular formula is C14H29N4. The minimum Gasteiger partial charge on any atom is -0.314 e. The SMILES string of the molecule is CN(C)[C](CN1CCCCC1)CN1CCNCC1. The Morgan fingerprint density at radius 2 is 1.44 bits per heavy atom. The second kappa shape index (κ2) is 7.43. The molecule has 4 nitrogen and oxygen atoms in total. The van der Waals surface area contributed by atoms with Gasteiger partial charge in [-0.05, 0) is 40.0 Å². The smallest absolute Gasteiger partial charge is 0.0668 e. The zero-order valence-electron chi connectivity index (χ0n) is 12.1. The Kier molecular flexibility index (Phi) is 5.89. The van der Waals surface area contributed by atoms with Gasteiger partial charge in [0.2, 0.25) is 0 Å². The summed E-state index contributed by atoms with van der Waals surface area (Å²) in [6.45, 7) is 9.56. The summed E-state index contributed by atoms with van der Waals surface area (Å²) in [7, 11) is 4.39. The molecule has 1 N–H and O–H groups in total. The Bertz CT molecular complexity index is 200. The monoisotopic (exact) mass is 253 g/mol. The van der Waals surface area contributed by atoms with Crippen molar-refractivity contribution in [2.45, 2.75) is 19.3 Å². The van der Waals surface area contributed by atoms with Crippen LogP contribution in [0.2, 0.25) is 0 Å². The number of hydrogen-bond acceptors (Lipinski definition) is 4. The van der Waals surface area contributed by atoms with E-state index in [2.05, 4.69) is 34.1 Å². The molecule has 0 unspecified atom stereocenters. The zero-order chi connectivity index (χ0) is 12.8. The molecule has 2 aliphatic heterocycles. The van der Waals surface area contributed by atoms with Crippen LogP contribution < -0.4 is 5.32 Å². The fourth-order valence-electron chi connectivity index (χ4n) is 2.84. The van der Waals surface area contributed by atoms with E-state index in [0.29, 0.717) is 0 Å². The first-order valence-electron chi connectivity index (χ1n) is 7.43. The third kappa shape index (κ3) is 4.50. The highest BCUT2D eigenvalue weighted by Crippen LogP contribution is 2.14. The summed E-state index contributed by atoms with van der Waals surface area (Å²) in [5.74, 6) is 0. The molecule has 2 saturated heterocycles. The summed E-state index contributed by atoms with van der Waals surface area (Å²) in [6, 6.07) is 1.57. The predicted molar refractivity (Wildman–Crippen MR) is 76.5 cm³/mol. The van der Waals surface area contributed by atoms with Gasteiger partial charge in [-0.2, -0.15) is 0 Å². The summed E-state index contributed by atoms with van der Waals surface area (Å²) in [5, 5.41) is 3.42. The van der Waals surface area contributed by atoms with E-state index in [1.54, 1.807) is 6.04 Å². The van der Waals surface area contributed by atoms with E-state index in [4.69, 9.17) is 0 Å². The third-order valence-corrected chi connectivity index (χ3v) is 4.10. The summed E-state index contributed by atoms with van der Waals surface area (Å²) < 4.78 is 0. The molecule has 0 spiro atoms. The van der Waals surface area contributed by atoms with E-state index < -0.39 is 0 Å². The molecule has 2 heterocycles. The Labute approximate surface area is 112 Å². The largest absolute Gasteiger partial charge is 0.314 e. The number of likely N-dealkylation sites (tertiary alicyclic amines) is 1. The van der Waals surface area contributed by atoms with Crippen LogP contribution in [0.1, 0.15) is 19.3 Å². The zero-order valence-corrected chi connectivity index (χ0v) is 12.1. The van der Waals surface area contributed by atoms with Crippen molar-refractivity contribution in [1.29, 1.82) is 0 Å². The Balaban J connectivity index is 1.78. The van der Waals surface area contributed by atoms with Crippen molar-refractivity contribution in [3.63, 3.8) is 0 Å². The van der Waals surface area contributed by atoms with Crippen LogP contribution in [-0.2, 0) is 0 Å². The maximum Gasteiger partial charge on any atom is 0.0668 e. The van der Waals surface area contributed by atoms with Crippen LogP contribution in [0.15, 0.2) is 0 Å². The first-order chi connectivity index (χ1) is 8.75. The van der Waals surface area contributed by atoms with Crippen LogP contribution in [-0.4, -0.2) is 81.2 Å². The highest BCUT2D eigenvalue weighted by atomic mass is 15.3. The lowest BCUT2D eigenvalue weighted by atomic mass is 10.1. The minimum atomic E-state index is 1.14.